The fourth-order valence-electron chi connectivity index (χ4n) is 3.18. The van der Waals surface area contributed by atoms with Gasteiger partial charge in [0.15, 0.2) is 5.82 Å². The van der Waals surface area contributed by atoms with Crippen LogP contribution in [0.3, 0.4) is 0 Å². The molecule has 8 nitrogen and oxygen atoms in total. The monoisotopic (exact) mass is 391 g/mol. The van der Waals surface area contributed by atoms with E-state index in [1.807, 2.05) is 18.2 Å². The average Bonchev–Trinajstić information content (AvgIpc) is 3.13. The minimum absolute atomic E-state index is 0.0774. The summed E-state index contributed by atoms with van der Waals surface area (Å²) in [5, 5.41) is 6.15. The van der Waals surface area contributed by atoms with Gasteiger partial charge in [-0.2, -0.15) is 4.98 Å². The van der Waals surface area contributed by atoms with Crippen molar-refractivity contribution >= 4 is 29.0 Å². The van der Waals surface area contributed by atoms with Crippen LogP contribution in [0.5, 0.6) is 0 Å². The molecule has 2 aromatic rings. The minimum atomic E-state index is -2.48. The number of primary amides is 1. The number of carbonyl (C=O) groups excluding carboxylic acids is 1. The van der Waals surface area contributed by atoms with Gasteiger partial charge in [0.25, 0.3) is 5.91 Å². The molecule has 2 heterocycles. The predicted octanol–water partition coefficient (Wildman–Crippen LogP) is 1.71. The number of hydrogen-bond donors (Lipinski definition) is 4. The SMILES string of the molecule is CN(c1cccc2c1CCN2)c1nc(NC[C@@H](N)CC(F)F)ncc1C(N)=O. The molecule has 1 aliphatic rings. The van der Waals surface area contributed by atoms with Gasteiger partial charge in [-0.25, -0.2) is 13.8 Å². The van der Waals surface area contributed by atoms with Crippen molar-refractivity contribution < 1.29 is 13.6 Å². The van der Waals surface area contributed by atoms with E-state index in [0.29, 0.717) is 5.82 Å². The van der Waals surface area contributed by atoms with Gasteiger partial charge in [0.2, 0.25) is 12.4 Å². The van der Waals surface area contributed by atoms with Gasteiger partial charge in [0, 0.05) is 55.7 Å². The smallest absolute Gasteiger partial charge is 0.254 e. The molecule has 0 bridgehead atoms. The summed E-state index contributed by atoms with van der Waals surface area (Å²) in [4.78, 5) is 22.1. The Morgan fingerprint density at radius 2 is 2.21 bits per heavy atom. The van der Waals surface area contributed by atoms with Crippen molar-refractivity contribution in [3.8, 4) is 0 Å². The first-order valence-electron chi connectivity index (χ1n) is 8.90. The lowest BCUT2D eigenvalue weighted by atomic mass is 10.1. The van der Waals surface area contributed by atoms with E-state index in [4.69, 9.17) is 11.5 Å². The lowest BCUT2D eigenvalue weighted by Gasteiger charge is -2.23. The number of nitrogens with two attached hydrogens (primary N) is 2. The van der Waals surface area contributed by atoms with Gasteiger partial charge in [-0.3, -0.25) is 4.79 Å². The number of hydrogen-bond acceptors (Lipinski definition) is 7. The summed E-state index contributed by atoms with van der Waals surface area (Å²) >= 11 is 0. The second kappa shape index (κ2) is 8.34. The van der Waals surface area contributed by atoms with Crippen molar-refractivity contribution in [1.82, 2.24) is 9.97 Å². The summed E-state index contributed by atoms with van der Waals surface area (Å²) in [7, 11) is 1.79. The molecule has 1 aromatic heterocycles. The Labute approximate surface area is 161 Å². The van der Waals surface area contributed by atoms with Crippen LogP contribution in [0.4, 0.5) is 31.9 Å². The Morgan fingerprint density at radius 1 is 1.43 bits per heavy atom. The van der Waals surface area contributed by atoms with Gasteiger partial charge < -0.3 is 27.0 Å². The van der Waals surface area contributed by atoms with Gasteiger partial charge >= 0.3 is 0 Å². The molecule has 28 heavy (non-hydrogen) atoms. The van der Waals surface area contributed by atoms with Crippen molar-refractivity contribution in [2.75, 3.05) is 35.7 Å². The Bertz CT molecular complexity index is 862. The first kappa shape index (κ1) is 19.7. The maximum atomic E-state index is 12.4. The molecule has 3 rings (SSSR count). The van der Waals surface area contributed by atoms with Crippen LogP contribution >= 0.6 is 0 Å². The highest BCUT2D eigenvalue weighted by Crippen LogP contribution is 2.35. The van der Waals surface area contributed by atoms with Gasteiger partial charge in [0.1, 0.15) is 5.56 Å². The summed E-state index contributed by atoms with van der Waals surface area (Å²) in [5.41, 5.74) is 14.4. The third kappa shape index (κ3) is 4.28. The molecule has 0 fully saturated rings. The van der Waals surface area contributed by atoms with E-state index in [0.717, 1.165) is 29.9 Å². The van der Waals surface area contributed by atoms with E-state index >= 15 is 0 Å². The van der Waals surface area contributed by atoms with Gasteiger partial charge in [-0.15, -0.1) is 0 Å². The standard InChI is InChI=1S/C18H23F2N7O/c1-27(14-4-2-3-13-11(14)5-6-23-13)17-12(16(22)28)9-25-18(26-17)24-8-10(21)7-15(19)20/h2-4,9-10,15,23H,5-8,21H2,1H3,(H2,22,28)(H,24,25,26)/t10-/m0/s1. The number of alkyl halides is 2. The largest absolute Gasteiger partial charge is 0.384 e. The zero-order chi connectivity index (χ0) is 20.3. The molecular weight excluding hydrogens is 368 g/mol. The van der Waals surface area contributed by atoms with Crippen LogP contribution in [0.25, 0.3) is 0 Å². The number of halogens is 2. The summed E-state index contributed by atoms with van der Waals surface area (Å²) in [6.07, 6.45) is -0.739. The van der Waals surface area contributed by atoms with E-state index in [2.05, 4.69) is 20.6 Å². The molecule has 1 aliphatic heterocycles. The summed E-state index contributed by atoms with van der Waals surface area (Å²) in [5.74, 6) is -0.150. The molecule has 150 valence electrons. The number of aromatic nitrogens is 2. The number of benzene rings is 1. The van der Waals surface area contributed by atoms with E-state index in [-0.39, 0.29) is 18.1 Å². The van der Waals surface area contributed by atoms with E-state index in [1.165, 1.54) is 6.20 Å². The third-order valence-corrected chi connectivity index (χ3v) is 4.56. The van der Waals surface area contributed by atoms with Crippen molar-refractivity contribution in [3.05, 3.63) is 35.5 Å². The van der Waals surface area contributed by atoms with E-state index in [1.54, 1.807) is 11.9 Å². The third-order valence-electron chi connectivity index (χ3n) is 4.56. The molecule has 1 aromatic carbocycles. The normalized spacial score (nSPS) is 13.8. The molecule has 0 unspecified atom stereocenters. The van der Waals surface area contributed by atoms with Crippen molar-refractivity contribution in [1.29, 1.82) is 0 Å². The van der Waals surface area contributed by atoms with Crippen molar-refractivity contribution in [2.45, 2.75) is 25.3 Å². The molecule has 1 amide bonds. The molecule has 6 N–H and O–H groups in total. The Morgan fingerprint density at radius 3 is 2.93 bits per heavy atom. The number of nitrogens with zero attached hydrogens (tertiary/aromatic N) is 3. The molecule has 0 saturated heterocycles. The number of anilines is 4. The van der Waals surface area contributed by atoms with Crippen LogP contribution in [0, 0.1) is 0 Å². The molecule has 10 heteroatoms. The minimum Gasteiger partial charge on any atom is -0.384 e. The van der Waals surface area contributed by atoms with Crippen LogP contribution in [-0.2, 0) is 6.42 Å². The summed E-state index contributed by atoms with van der Waals surface area (Å²) in [6, 6.07) is 5.09. The highest BCUT2D eigenvalue weighted by atomic mass is 19.3. The van der Waals surface area contributed by atoms with E-state index in [9.17, 15) is 13.6 Å². The number of rotatable bonds is 8. The Hall–Kier alpha value is -3.01. The zero-order valence-electron chi connectivity index (χ0n) is 15.5. The second-order valence-electron chi connectivity index (χ2n) is 6.60. The highest BCUT2D eigenvalue weighted by molar-refractivity contribution is 5.98. The van der Waals surface area contributed by atoms with Crippen LogP contribution in [-0.4, -0.2) is 48.5 Å². The van der Waals surface area contributed by atoms with Gasteiger partial charge in [0.05, 0.1) is 0 Å². The van der Waals surface area contributed by atoms with Gasteiger partial charge in [-0.05, 0) is 18.6 Å². The number of amides is 1. The molecule has 0 aliphatic carbocycles. The topological polar surface area (TPSA) is 122 Å². The fraction of sp³-hybridized carbons (Fsp3) is 0.389. The Balaban J connectivity index is 1.88. The molecule has 0 saturated carbocycles. The fourth-order valence-corrected chi connectivity index (χ4v) is 3.18. The molecular formula is C18H23F2N7O. The number of fused-ring (bicyclic) bond motifs is 1. The van der Waals surface area contributed by atoms with Crippen molar-refractivity contribution in [3.63, 3.8) is 0 Å². The lowest BCUT2D eigenvalue weighted by molar-refractivity contribution is 0.1000. The first-order chi connectivity index (χ1) is 13.4. The summed E-state index contributed by atoms with van der Waals surface area (Å²) in [6.45, 7) is 0.912. The predicted molar refractivity (Wildman–Crippen MR) is 104 cm³/mol. The molecule has 0 spiro atoms. The quantitative estimate of drug-likeness (QED) is 0.540. The maximum Gasteiger partial charge on any atom is 0.254 e. The van der Waals surface area contributed by atoms with E-state index < -0.39 is 24.8 Å². The summed E-state index contributed by atoms with van der Waals surface area (Å²) < 4.78 is 24.8. The highest BCUT2D eigenvalue weighted by Gasteiger charge is 2.22. The first-order valence-corrected chi connectivity index (χ1v) is 8.90. The Kier molecular flexibility index (Phi) is 5.88. The second-order valence-corrected chi connectivity index (χ2v) is 6.60. The number of carbonyl (C=O) groups is 1. The molecule has 1 atom stereocenters. The van der Waals surface area contributed by atoms with Crippen LogP contribution in [0.1, 0.15) is 22.3 Å². The molecule has 0 radical (unpaired) electrons. The number of nitrogens with one attached hydrogen (secondary N) is 2. The maximum absolute atomic E-state index is 12.4. The van der Waals surface area contributed by atoms with Gasteiger partial charge in [-0.1, -0.05) is 6.07 Å². The van der Waals surface area contributed by atoms with Crippen LogP contribution in [0.15, 0.2) is 24.4 Å². The van der Waals surface area contributed by atoms with Crippen molar-refractivity contribution in [2.24, 2.45) is 11.5 Å². The zero-order valence-corrected chi connectivity index (χ0v) is 15.5. The lowest BCUT2D eigenvalue weighted by Crippen LogP contribution is -2.31. The van der Waals surface area contributed by atoms with Crippen LogP contribution < -0.4 is 27.0 Å². The van der Waals surface area contributed by atoms with Crippen LogP contribution in [0.2, 0.25) is 0 Å². The average molecular weight is 391 g/mol.